The lowest BCUT2D eigenvalue weighted by molar-refractivity contribution is -0.143. The van der Waals surface area contributed by atoms with E-state index in [1.54, 1.807) is 13.8 Å². The molecule has 3 amide bonds. The zero-order valence-corrected chi connectivity index (χ0v) is 13.3. The van der Waals surface area contributed by atoms with Crippen LogP contribution in [0.1, 0.15) is 19.4 Å². The Bertz CT molecular complexity index is 632. The minimum absolute atomic E-state index is 0.0731. The third kappa shape index (κ3) is 7.42. The van der Waals surface area contributed by atoms with Crippen LogP contribution in [0.3, 0.4) is 0 Å². The molecule has 0 aliphatic carbocycles. The van der Waals surface area contributed by atoms with Crippen LogP contribution in [0.2, 0.25) is 5.02 Å². The highest BCUT2D eigenvalue weighted by Crippen LogP contribution is 2.16. The number of rotatable bonds is 5. The second-order valence-electron chi connectivity index (χ2n) is 4.79. The fraction of sp³-hybridized carbons (Fsp3) is 0.267. The molecule has 0 bridgehead atoms. The molecule has 0 heterocycles. The van der Waals surface area contributed by atoms with E-state index in [1.165, 1.54) is 18.2 Å². The van der Waals surface area contributed by atoms with Crippen molar-refractivity contribution in [2.24, 2.45) is 0 Å². The van der Waals surface area contributed by atoms with Gasteiger partial charge in [-0.1, -0.05) is 17.7 Å². The van der Waals surface area contributed by atoms with E-state index >= 15 is 0 Å². The largest absolute Gasteiger partial charge is 0.452 e. The molecule has 6 nitrogen and oxygen atoms in total. The zero-order valence-electron chi connectivity index (χ0n) is 12.6. The molecule has 0 aliphatic rings. The summed E-state index contributed by atoms with van der Waals surface area (Å²) >= 11 is 5.60. The molecular weight excluding hydrogens is 327 g/mol. The maximum atomic E-state index is 13.0. The van der Waals surface area contributed by atoms with Crippen LogP contribution >= 0.6 is 11.6 Å². The monoisotopic (exact) mass is 342 g/mol. The quantitative estimate of drug-likeness (QED) is 0.635. The van der Waals surface area contributed by atoms with Crippen molar-refractivity contribution in [1.82, 2.24) is 10.6 Å². The second-order valence-corrected chi connectivity index (χ2v) is 5.20. The molecule has 0 atom stereocenters. The van der Waals surface area contributed by atoms with Gasteiger partial charge >= 0.3 is 12.0 Å². The number of nitrogens with one attached hydrogen (secondary N) is 2. The Balaban J connectivity index is 2.41. The van der Waals surface area contributed by atoms with Gasteiger partial charge in [-0.3, -0.25) is 10.1 Å². The summed E-state index contributed by atoms with van der Waals surface area (Å²) in [7, 11) is 0. The Morgan fingerprint density at radius 1 is 1.35 bits per heavy atom. The third-order valence-corrected chi connectivity index (χ3v) is 2.66. The number of carbonyl (C=O) groups excluding carboxylic acids is 3. The fourth-order valence-corrected chi connectivity index (χ4v) is 1.62. The summed E-state index contributed by atoms with van der Waals surface area (Å²) in [6.45, 7) is 2.87. The van der Waals surface area contributed by atoms with Gasteiger partial charge in [-0.15, -0.1) is 0 Å². The summed E-state index contributed by atoms with van der Waals surface area (Å²) in [5, 5.41) is 4.38. The van der Waals surface area contributed by atoms with Gasteiger partial charge in [0, 0.05) is 12.1 Å². The predicted octanol–water partition coefficient (Wildman–Crippen LogP) is 2.27. The molecule has 0 unspecified atom stereocenters. The minimum atomic E-state index is -0.787. The number of benzene rings is 1. The number of hydrogen-bond donors (Lipinski definition) is 2. The van der Waals surface area contributed by atoms with Gasteiger partial charge in [0.1, 0.15) is 5.82 Å². The summed E-state index contributed by atoms with van der Waals surface area (Å²) in [5.74, 6) is -2.11. The Morgan fingerprint density at radius 3 is 2.65 bits per heavy atom. The lowest BCUT2D eigenvalue weighted by Crippen LogP contribution is -2.43. The first-order valence-electron chi connectivity index (χ1n) is 6.68. The first-order valence-corrected chi connectivity index (χ1v) is 7.06. The lowest BCUT2D eigenvalue weighted by atomic mass is 10.2. The molecule has 0 saturated carbocycles. The number of hydrogen-bond acceptors (Lipinski definition) is 4. The summed E-state index contributed by atoms with van der Waals surface area (Å²) in [6, 6.07) is 3.12. The molecule has 2 N–H and O–H groups in total. The van der Waals surface area contributed by atoms with Gasteiger partial charge < -0.3 is 10.1 Å². The zero-order chi connectivity index (χ0) is 17.4. The van der Waals surface area contributed by atoms with Gasteiger partial charge in [0.15, 0.2) is 6.61 Å². The maximum Gasteiger partial charge on any atom is 0.331 e. The van der Waals surface area contributed by atoms with Crippen LogP contribution in [-0.4, -0.2) is 30.6 Å². The Hall–Kier alpha value is -2.41. The van der Waals surface area contributed by atoms with E-state index in [4.69, 9.17) is 11.6 Å². The average molecular weight is 343 g/mol. The fourth-order valence-electron chi connectivity index (χ4n) is 1.43. The van der Waals surface area contributed by atoms with E-state index in [0.717, 1.165) is 12.1 Å². The number of halogens is 2. The van der Waals surface area contributed by atoms with E-state index in [2.05, 4.69) is 10.1 Å². The van der Waals surface area contributed by atoms with Crippen LogP contribution < -0.4 is 10.6 Å². The van der Waals surface area contributed by atoms with Crippen LogP contribution in [0.25, 0.3) is 6.08 Å². The molecule has 0 fully saturated rings. The minimum Gasteiger partial charge on any atom is -0.452 e. The van der Waals surface area contributed by atoms with Crippen LogP contribution in [0.5, 0.6) is 0 Å². The summed E-state index contributed by atoms with van der Waals surface area (Å²) in [4.78, 5) is 34.0. The summed E-state index contributed by atoms with van der Waals surface area (Å²) in [5.41, 5.74) is 0.495. The van der Waals surface area contributed by atoms with E-state index in [1.807, 2.05) is 5.32 Å². The number of amides is 3. The Labute approximate surface area is 137 Å². The molecule has 0 saturated heterocycles. The first-order chi connectivity index (χ1) is 10.8. The summed E-state index contributed by atoms with van der Waals surface area (Å²) in [6.07, 6.45) is 2.42. The van der Waals surface area contributed by atoms with Crippen molar-refractivity contribution >= 4 is 35.6 Å². The van der Waals surface area contributed by atoms with Gasteiger partial charge in [-0.25, -0.2) is 14.0 Å². The highest BCUT2D eigenvalue weighted by atomic mass is 35.5. The van der Waals surface area contributed by atoms with E-state index in [0.29, 0.717) is 5.56 Å². The third-order valence-electron chi connectivity index (χ3n) is 2.37. The molecule has 0 aliphatic heterocycles. The van der Waals surface area contributed by atoms with Crippen molar-refractivity contribution in [3.05, 3.63) is 40.7 Å². The topological polar surface area (TPSA) is 84.5 Å². The van der Waals surface area contributed by atoms with Gasteiger partial charge in [0.05, 0.1) is 5.02 Å². The number of imide groups is 1. The molecule has 0 spiro atoms. The molecule has 1 aromatic carbocycles. The molecule has 8 heteroatoms. The Morgan fingerprint density at radius 2 is 2.04 bits per heavy atom. The smallest absolute Gasteiger partial charge is 0.331 e. The molecule has 23 heavy (non-hydrogen) atoms. The standard InChI is InChI=1S/C15H16ClFN2O4/c1-9(2)18-15(22)19-13(20)8-23-14(21)6-4-10-3-5-12(17)11(16)7-10/h3-7,9H,8H2,1-2H3,(H2,18,19,20,22)/b6-4+. The first kappa shape index (κ1) is 18.6. The van der Waals surface area contributed by atoms with Crippen molar-refractivity contribution in [2.75, 3.05) is 6.61 Å². The molecule has 1 aromatic rings. The molecule has 1 rings (SSSR count). The van der Waals surface area contributed by atoms with E-state index in [-0.39, 0.29) is 11.1 Å². The SMILES string of the molecule is CC(C)NC(=O)NC(=O)COC(=O)/C=C/c1ccc(F)c(Cl)c1. The van der Waals surface area contributed by atoms with Gasteiger partial charge in [0.25, 0.3) is 5.91 Å². The molecule has 124 valence electrons. The normalized spacial score (nSPS) is 10.7. The van der Waals surface area contributed by atoms with Gasteiger partial charge in [-0.2, -0.15) is 0 Å². The van der Waals surface area contributed by atoms with Crippen LogP contribution in [-0.2, 0) is 14.3 Å². The van der Waals surface area contributed by atoms with Crippen molar-refractivity contribution < 1.29 is 23.5 Å². The molecule has 0 radical (unpaired) electrons. The molecule has 0 aromatic heterocycles. The van der Waals surface area contributed by atoms with Crippen molar-refractivity contribution in [1.29, 1.82) is 0 Å². The summed E-state index contributed by atoms with van der Waals surface area (Å²) < 4.78 is 17.6. The maximum absolute atomic E-state index is 13.0. The second kappa shape index (κ2) is 8.89. The number of urea groups is 1. The van der Waals surface area contributed by atoms with Gasteiger partial charge in [0.2, 0.25) is 0 Å². The van der Waals surface area contributed by atoms with Crippen LogP contribution in [0.4, 0.5) is 9.18 Å². The Kier molecular flexibility index (Phi) is 7.21. The van der Waals surface area contributed by atoms with E-state index < -0.39 is 30.3 Å². The van der Waals surface area contributed by atoms with Crippen molar-refractivity contribution in [3.63, 3.8) is 0 Å². The van der Waals surface area contributed by atoms with Gasteiger partial charge in [-0.05, 0) is 37.6 Å². The van der Waals surface area contributed by atoms with Crippen molar-refractivity contribution in [2.45, 2.75) is 19.9 Å². The molecular formula is C15H16ClFN2O4. The van der Waals surface area contributed by atoms with E-state index in [9.17, 15) is 18.8 Å². The lowest BCUT2D eigenvalue weighted by Gasteiger charge is -2.08. The highest BCUT2D eigenvalue weighted by Gasteiger charge is 2.10. The van der Waals surface area contributed by atoms with Crippen molar-refractivity contribution in [3.8, 4) is 0 Å². The number of esters is 1. The number of ether oxygens (including phenoxy) is 1. The number of carbonyl (C=O) groups is 3. The average Bonchev–Trinajstić information content (AvgIpc) is 2.45. The predicted molar refractivity (Wildman–Crippen MR) is 83.2 cm³/mol. The van der Waals surface area contributed by atoms with Crippen LogP contribution in [0.15, 0.2) is 24.3 Å². The van der Waals surface area contributed by atoms with Crippen LogP contribution in [0, 0.1) is 5.82 Å². The highest BCUT2D eigenvalue weighted by molar-refractivity contribution is 6.30.